The molecule has 3 heteroatoms. The molecule has 0 atom stereocenters. The zero-order valence-corrected chi connectivity index (χ0v) is 20.9. The van der Waals surface area contributed by atoms with E-state index in [-0.39, 0.29) is 0 Å². The van der Waals surface area contributed by atoms with Crippen LogP contribution in [0, 0.1) is 0 Å². The van der Waals surface area contributed by atoms with Crippen molar-refractivity contribution < 1.29 is 9.47 Å². The van der Waals surface area contributed by atoms with Crippen LogP contribution >= 0.6 is 0 Å². The summed E-state index contributed by atoms with van der Waals surface area (Å²) >= 11 is 0. The molecule has 2 aliphatic rings. The molecule has 34 heavy (non-hydrogen) atoms. The Morgan fingerprint density at radius 1 is 0.824 bits per heavy atom. The summed E-state index contributed by atoms with van der Waals surface area (Å²) < 4.78 is 13.2. The van der Waals surface area contributed by atoms with E-state index < -0.39 is 0 Å². The van der Waals surface area contributed by atoms with Crippen LogP contribution in [0.5, 0.6) is 11.5 Å². The highest BCUT2D eigenvalue weighted by Gasteiger charge is 2.23. The molecule has 1 aromatic heterocycles. The van der Waals surface area contributed by atoms with Gasteiger partial charge in [-0.05, 0) is 120 Å². The molecule has 0 radical (unpaired) electrons. The van der Waals surface area contributed by atoms with Crippen LogP contribution in [-0.2, 0) is 26.3 Å². The van der Waals surface area contributed by atoms with Crippen molar-refractivity contribution in [3.63, 3.8) is 0 Å². The summed E-state index contributed by atoms with van der Waals surface area (Å²) in [6.07, 6.45) is 6.48. The summed E-state index contributed by atoms with van der Waals surface area (Å²) in [6.45, 7) is 8.91. The number of allylic oxidation sites excluding steroid dienone is 5. The van der Waals surface area contributed by atoms with Gasteiger partial charge < -0.3 is 14.0 Å². The normalized spacial score (nSPS) is 16.5. The van der Waals surface area contributed by atoms with Crippen molar-refractivity contribution in [2.45, 2.75) is 39.5 Å². The third kappa shape index (κ3) is 3.69. The fourth-order valence-electron chi connectivity index (χ4n) is 5.50. The highest BCUT2D eigenvalue weighted by atomic mass is 16.5. The van der Waals surface area contributed by atoms with E-state index >= 15 is 0 Å². The maximum Gasteiger partial charge on any atom is 0.119 e. The summed E-state index contributed by atoms with van der Waals surface area (Å²) in [5.41, 5.74) is 14.4. The minimum atomic E-state index is 0.915. The largest absolute Gasteiger partial charge is 0.497 e. The van der Waals surface area contributed by atoms with Crippen molar-refractivity contribution in [3.05, 3.63) is 94.2 Å². The number of hydrogen-bond acceptors (Lipinski definition) is 2. The molecule has 0 spiro atoms. The van der Waals surface area contributed by atoms with Crippen molar-refractivity contribution in [2.75, 3.05) is 14.2 Å². The fraction of sp³-hybridized carbons (Fsp3) is 0.290. The average molecular weight is 452 g/mol. The Morgan fingerprint density at radius 2 is 1.41 bits per heavy atom. The van der Waals surface area contributed by atoms with Crippen molar-refractivity contribution in [1.29, 1.82) is 0 Å². The van der Waals surface area contributed by atoms with E-state index in [1.54, 1.807) is 14.2 Å². The highest BCUT2D eigenvalue weighted by molar-refractivity contribution is 5.83. The Hall–Kier alpha value is -3.46. The highest BCUT2D eigenvalue weighted by Crippen LogP contribution is 2.40. The first-order valence-corrected chi connectivity index (χ1v) is 12.0. The molecule has 0 aliphatic heterocycles. The van der Waals surface area contributed by atoms with Gasteiger partial charge in [0, 0.05) is 18.3 Å². The molecule has 0 fully saturated rings. The number of aryl methyl sites for hydroxylation is 3. The van der Waals surface area contributed by atoms with Gasteiger partial charge in [0.15, 0.2) is 0 Å². The smallest absolute Gasteiger partial charge is 0.119 e. The summed E-state index contributed by atoms with van der Waals surface area (Å²) in [6, 6.07) is 15.2. The van der Waals surface area contributed by atoms with E-state index in [0.717, 1.165) is 42.8 Å². The van der Waals surface area contributed by atoms with Crippen LogP contribution in [0.4, 0.5) is 0 Å². The van der Waals surface area contributed by atoms with Gasteiger partial charge in [-0.3, -0.25) is 0 Å². The number of ether oxygens (including phenoxy) is 2. The molecular formula is C31H33NO2. The molecule has 1 heterocycles. The van der Waals surface area contributed by atoms with E-state index in [1.807, 2.05) is 6.07 Å². The quantitative estimate of drug-likeness (QED) is 0.419. The summed E-state index contributed by atoms with van der Waals surface area (Å²) in [5, 5.41) is 0. The Balaban J connectivity index is 1.50. The third-order valence-electron chi connectivity index (χ3n) is 7.60. The standard InChI is InChI=1S/C31H33NO2/c1-19(15-22-7-8-23-16-26(33-5)11-13-28(23)21(22)3)20(2)30-18-25-10-9-24-17-27(34-6)12-14-29(24)31(25)32(30)4/h11-18H,3,7-10H2,1-2,4-6H3/b20-19+,22-15-. The topological polar surface area (TPSA) is 23.4 Å². The molecular weight excluding hydrogens is 418 g/mol. The molecule has 174 valence electrons. The van der Waals surface area contributed by atoms with Gasteiger partial charge >= 0.3 is 0 Å². The zero-order valence-electron chi connectivity index (χ0n) is 20.9. The van der Waals surface area contributed by atoms with Gasteiger partial charge in [-0.15, -0.1) is 0 Å². The van der Waals surface area contributed by atoms with Crippen LogP contribution in [0.15, 0.2) is 66.3 Å². The van der Waals surface area contributed by atoms with E-state index in [9.17, 15) is 0 Å². The van der Waals surface area contributed by atoms with Crippen molar-refractivity contribution in [2.24, 2.45) is 7.05 Å². The third-order valence-corrected chi connectivity index (χ3v) is 7.60. The molecule has 3 aromatic rings. The Labute approximate surface area is 203 Å². The Bertz CT molecular complexity index is 1370. The van der Waals surface area contributed by atoms with Crippen molar-refractivity contribution in [1.82, 2.24) is 4.57 Å². The number of hydrogen-bond donors (Lipinski definition) is 0. The van der Waals surface area contributed by atoms with E-state index in [2.05, 4.69) is 74.5 Å². The van der Waals surface area contributed by atoms with Crippen LogP contribution in [0.3, 0.4) is 0 Å². The molecule has 3 nitrogen and oxygen atoms in total. The molecule has 0 saturated carbocycles. The van der Waals surface area contributed by atoms with E-state index in [1.165, 1.54) is 55.9 Å². The minimum absolute atomic E-state index is 0.915. The lowest BCUT2D eigenvalue weighted by Crippen LogP contribution is -2.06. The second-order valence-corrected chi connectivity index (χ2v) is 9.46. The summed E-state index contributed by atoms with van der Waals surface area (Å²) in [7, 11) is 5.65. The predicted octanol–water partition coefficient (Wildman–Crippen LogP) is 7.19. The molecule has 0 amide bonds. The predicted molar refractivity (Wildman–Crippen MR) is 142 cm³/mol. The number of fused-ring (bicyclic) bond motifs is 4. The second kappa shape index (κ2) is 8.72. The van der Waals surface area contributed by atoms with Crippen LogP contribution in [0.25, 0.3) is 22.4 Å². The monoisotopic (exact) mass is 451 g/mol. The lowest BCUT2D eigenvalue weighted by Gasteiger charge is -2.22. The SMILES string of the molecule is C=C1/C(=C\C(C)=C(/C)c2cc3c(n2C)-c2ccc(OC)cc2CC3)CCc2cc(OC)ccc21. The minimum Gasteiger partial charge on any atom is -0.497 e. The maximum atomic E-state index is 5.45. The lowest BCUT2D eigenvalue weighted by molar-refractivity contribution is 0.414. The van der Waals surface area contributed by atoms with Crippen LogP contribution in [-0.4, -0.2) is 18.8 Å². The second-order valence-electron chi connectivity index (χ2n) is 9.46. The summed E-state index contributed by atoms with van der Waals surface area (Å²) in [4.78, 5) is 0. The van der Waals surface area contributed by atoms with Crippen LogP contribution < -0.4 is 9.47 Å². The number of benzene rings is 2. The molecule has 0 saturated heterocycles. The first-order chi connectivity index (χ1) is 16.4. The van der Waals surface area contributed by atoms with Gasteiger partial charge in [-0.1, -0.05) is 18.7 Å². The Kier molecular flexibility index (Phi) is 5.73. The van der Waals surface area contributed by atoms with E-state index in [0.29, 0.717) is 0 Å². The van der Waals surface area contributed by atoms with Crippen LogP contribution in [0.1, 0.15) is 48.2 Å². The molecule has 2 aromatic carbocycles. The zero-order chi connectivity index (χ0) is 24.0. The van der Waals surface area contributed by atoms with Gasteiger partial charge in [0.25, 0.3) is 0 Å². The maximum absolute atomic E-state index is 5.45. The number of rotatable bonds is 4. The molecule has 0 bridgehead atoms. The molecule has 0 N–H and O–H groups in total. The van der Waals surface area contributed by atoms with Crippen molar-refractivity contribution in [3.8, 4) is 22.8 Å². The van der Waals surface area contributed by atoms with Gasteiger partial charge in [-0.25, -0.2) is 0 Å². The van der Waals surface area contributed by atoms with E-state index in [4.69, 9.17) is 9.47 Å². The van der Waals surface area contributed by atoms with Gasteiger partial charge in [-0.2, -0.15) is 0 Å². The molecule has 2 aliphatic carbocycles. The Morgan fingerprint density at radius 3 is 2.09 bits per heavy atom. The lowest BCUT2D eigenvalue weighted by atomic mass is 9.83. The number of nitrogens with zero attached hydrogens (tertiary/aromatic N) is 1. The first kappa shape index (κ1) is 22.3. The van der Waals surface area contributed by atoms with Crippen molar-refractivity contribution >= 4 is 11.1 Å². The molecule has 0 unspecified atom stereocenters. The fourth-order valence-corrected chi connectivity index (χ4v) is 5.50. The number of methoxy groups -OCH3 is 2. The van der Waals surface area contributed by atoms with Gasteiger partial charge in [0.2, 0.25) is 0 Å². The van der Waals surface area contributed by atoms with Gasteiger partial charge in [0.05, 0.1) is 19.9 Å². The average Bonchev–Trinajstić information content (AvgIpc) is 3.21. The first-order valence-electron chi connectivity index (χ1n) is 12.0. The van der Waals surface area contributed by atoms with Crippen LogP contribution in [0.2, 0.25) is 0 Å². The number of aromatic nitrogens is 1. The molecule has 5 rings (SSSR count). The van der Waals surface area contributed by atoms with Gasteiger partial charge in [0.1, 0.15) is 11.5 Å². The summed E-state index contributed by atoms with van der Waals surface area (Å²) in [5.74, 6) is 1.85.